The number of aliphatic hydroxyl groups is 1. The molecule has 0 unspecified atom stereocenters. The number of hydrogen-bond acceptors (Lipinski definition) is 8. The van der Waals surface area contributed by atoms with Crippen molar-refractivity contribution in [1.29, 1.82) is 0 Å². The van der Waals surface area contributed by atoms with Crippen molar-refractivity contribution in [2.75, 3.05) is 11.9 Å². The lowest BCUT2D eigenvalue weighted by molar-refractivity contribution is -0.384. The normalized spacial score (nSPS) is 21.4. The van der Waals surface area contributed by atoms with Crippen molar-refractivity contribution in [3.63, 3.8) is 0 Å². The molecule has 2 aromatic rings. The molecule has 31 heavy (non-hydrogen) atoms. The Morgan fingerprint density at radius 2 is 2.00 bits per heavy atom. The number of nitro groups is 1. The summed E-state index contributed by atoms with van der Waals surface area (Å²) in [7, 11) is -4.26. The van der Waals surface area contributed by atoms with Gasteiger partial charge in [0.2, 0.25) is 21.6 Å². The number of pyridine rings is 1. The van der Waals surface area contributed by atoms with Crippen LogP contribution in [0.25, 0.3) is 0 Å². The third kappa shape index (κ3) is 5.00. The van der Waals surface area contributed by atoms with Gasteiger partial charge >= 0.3 is 5.69 Å². The van der Waals surface area contributed by atoms with Crippen LogP contribution in [0.4, 0.5) is 11.5 Å². The van der Waals surface area contributed by atoms with Gasteiger partial charge in [-0.1, -0.05) is 12.1 Å². The smallest absolute Gasteiger partial charge is 0.312 e. The maximum atomic E-state index is 13.0. The van der Waals surface area contributed by atoms with Crippen molar-refractivity contribution in [1.82, 2.24) is 4.98 Å². The Balaban J connectivity index is 1.87. The van der Waals surface area contributed by atoms with Crippen molar-refractivity contribution < 1.29 is 23.2 Å². The first kappa shape index (κ1) is 22.6. The topological polar surface area (TPSA) is 166 Å². The second-order valence-corrected chi connectivity index (χ2v) is 9.90. The van der Waals surface area contributed by atoms with Gasteiger partial charge in [-0.3, -0.25) is 14.9 Å². The summed E-state index contributed by atoms with van der Waals surface area (Å²) in [5.74, 6) is -0.747. The minimum absolute atomic E-state index is 0.0375. The van der Waals surface area contributed by atoms with Crippen LogP contribution in [-0.4, -0.2) is 41.5 Å². The van der Waals surface area contributed by atoms with Gasteiger partial charge in [-0.2, -0.15) is 0 Å². The Hall–Kier alpha value is -3.05. The SMILES string of the molecule is CC1(O)CCC(CNc2ncc(S(=O)(=O)c3ccccc3C(N)=O)cc2[N+](=O)[O-])CC1. The van der Waals surface area contributed by atoms with E-state index in [4.69, 9.17) is 5.73 Å². The van der Waals surface area contributed by atoms with Crippen molar-refractivity contribution >= 4 is 27.2 Å². The summed E-state index contributed by atoms with van der Waals surface area (Å²) >= 11 is 0. The predicted molar refractivity (Wildman–Crippen MR) is 112 cm³/mol. The van der Waals surface area contributed by atoms with Gasteiger partial charge in [0, 0.05) is 18.8 Å². The van der Waals surface area contributed by atoms with Crippen LogP contribution in [0.3, 0.4) is 0 Å². The molecule has 3 rings (SSSR count). The third-order valence-electron chi connectivity index (χ3n) is 5.53. The summed E-state index contributed by atoms with van der Waals surface area (Å²) < 4.78 is 26.0. The van der Waals surface area contributed by atoms with E-state index in [1.54, 1.807) is 6.92 Å². The zero-order valence-corrected chi connectivity index (χ0v) is 17.8. The number of nitrogens with two attached hydrogens (primary N) is 1. The minimum atomic E-state index is -4.26. The van der Waals surface area contributed by atoms with Crippen LogP contribution in [0.5, 0.6) is 0 Å². The van der Waals surface area contributed by atoms with Crippen LogP contribution >= 0.6 is 0 Å². The lowest BCUT2D eigenvalue weighted by Crippen LogP contribution is -2.32. The van der Waals surface area contributed by atoms with Crippen LogP contribution in [0.2, 0.25) is 0 Å². The van der Waals surface area contributed by atoms with E-state index >= 15 is 0 Å². The summed E-state index contributed by atoms with van der Waals surface area (Å²) in [5.41, 5.74) is 3.89. The van der Waals surface area contributed by atoms with Crippen LogP contribution in [0.15, 0.2) is 46.3 Å². The molecule has 4 N–H and O–H groups in total. The van der Waals surface area contributed by atoms with Gasteiger partial charge in [-0.05, 0) is 50.7 Å². The molecule has 1 aromatic carbocycles. The fourth-order valence-electron chi connectivity index (χ4n) is 3.63. The molecule has 10 nitrogen and oxygen atoms in total. The Labute approximate surface area is 179 Å². The number of carbonyl (C=O) groups excluding carboxylic acids is 1. The molecular weight excluding hydrogens is 424 g/mol. The number of benzene rings is 1. The number of hydrogen-bond donors (Lipinski definition) is 3. The van der Waals surface area contributed by atoms with Gasteiger partial charge in [-0.15, -0.1) is 0 Å². The lowest BCUT2D eigenvalue weighted by atomic mass is 9.80. The second-order valence-electron chi connectivity index (χ2n) is 7.98. The van der Waals surface area contributed by atoms with Crippen LogP contribution in [0.1, 0.15) is 43.0 Å². The molecule has 0 bridgehead atoms. The number of nitrogens with zero attached hydrogens (tertiary/aromatic N) is 2. The molecule has 1 aliphatic carbocycles. The Morgan fingerprint density at radius 1 is 1.35 bits per heavy atom. The van der Waals surface area contributed by atoms with Gasteiger partial charge in [-0.25, -0.2) is 13.4 Å². The molecule has 11 heteroatoms. The molecule has 1 saturated carbocycles. The van der Waals surface area contributed by atoms with Gasteiger partial charge in [0.15, 0.2) is 0 Å². The summed E-state index contributed by atoms with van der Waals surface area (Å²) in [4.78, 5) is 25.7. The van der Waals surface area contributed by atoms with Gasteiger partial charge in [0.25, 0.3) is 0 Å². The summed E-state index contributed by atoms with van der Waals surface area (Å²) in [6, 6.07) is 6.31. The number of carbonyl (C=O) groups is 1. The number of nitrogens with one attached hydrogen (secondary N) is 1. The van der Waals surface area contributed by atoms with Crippen LogP contribution < -0.4 is 11.1 Å². The van der Waals surface area contributed by atoms with Crippen LogP contribution in [0, 0.1) is 16.0 Å². The van der Waals surface area contributed by atoms with Crippen molar-refractivity contribution in [3.05, 3.63) is 52.2 Å². The first-order valence-corrected chi connectivity index (χ1v) is 11.2. The average molecular weight is 449 g/mol. The van der Waals surface area contributed by atoms with Crippen molar-refractivity contribution in [3.8, 4) is 0 Å². The monoisotopic (exact) mass is 448 g/mol. The quantitative estimate of drug-likeness (QED) is 0.428. The fourth-order valence-corrected chi connectivity index (χ4v) is 5.06. The largest absolute Gasteiger partial charge is 0.390 e. The second kappa shape index (κ2) is 8.60. The highest BCUT2D eigenvalue weighted by Gasteiger charge is 2.30. The van der Waals surface area contributed by atoms with E-state index in [0.29, 0.717) is 19.4 Å². The highest BCUT2D eigenvalue weighted by Crippen LogP contribution is 2.33. The molecule has 1 aliphatic rings. The van der Waals surface area contributed by atoms with E-state index in [1.807, 2.05) is 0 Å². The molecule has 0 atom stereocenters. The number of rotatable bonds is 7. The van der Waals surface area contributed by atoms with E-state index in [1.165, 1.54) is 24.3 Å². The van der Waals surface area contributed by atoms with Gasteiger partial charge in [0.1, 0.15) is 0 Å². The Kier molecular flexibility index (Phi) is 6.27. The maximum absolute atomic E-state index is 13.0. The first-order valence-electron chi connectivity index (χ1n) is 9.76. The summed E-state index contributed by atoms with van der Waals surface area (Å²) in [5, 5.41) is 24.5. The van der Waals surface area contributed by atoms with E-state index in [2.05, 4.69) is 10.3 Å². The van der Waals surface area contributed by atoms with Crippen LogP contribution in [-0.2, 0) is 9.84 Å². The number of aromatic nitrogens is 1. The standard InChI is InChI=1S/C20H24N4O6S/c1-20(26)8-6-13(7-9-20)11-22-19-16(24(27)28)10-14(12-23-19)31(29,30)17-5-3-2-4-15(17)18(21)25/h2-5,10,12-13,26H,6-9,11H2,1H3,(H2,21,25)(H,22,23). The molecule has 1 aromatic heterocycles. The molecule has 0 saturated heterocycles. The first-order chi connectivity index (χ1) is 14.5. The predicted octanol–water partition coefficient (Wildman–Crippen LogP) is 2.27. The molecule has 0 aliphatic heterocycles. The minimum Gasteiger partial charge on any atom is -0.390 e. The van der Waals surface area contributed by atoms with Gasteiger partial charge in [0.05, 0.1) is 25.9 Å². The fraction of sp³-hybridized carbons (Fsp3) is 0.400. The molecule has 1 amide bonds. The highest BCUT2D eigenvalue weighted by atomic mass is 32.2. The third-order valence-corrected chi connectivity index (χ3v) is 7.31. The number of primary amides is 1. The van der Waals surface area contributed by atoms with Crippen molar-refractivity contribution in [2.45, 2.75) is 48.0 Å². The van der Waals surface area contributed by atoms with E-state index < -0.39 is 36.9 Å². The molecule has 0 radical (unpaired) electrons. The van der Waals surface area contributed by atoms with Crippen molar-refractivity contribution in [2.24, 2.45) is 11.7 Å². The zero-order valence-electron chi connectivity index (χ0n) is 16.9. The number of amides is 1. The average Bonchev–Trinajstić information content (AvgIpc) is 2.72. The molecule has 166 valence electrons. The van der Waals surface area contributed by atoms with Gasteiger partial charge < -0.3 is 16.2 Å². The summed E-state index contributed by atoms with van der Waals surface area (Å²) in [6.07, 6.45) is 3.85. The van der Waals surface area contributed by atoms with E-state index in [0.717, 1.165) is 25.1 Å². The maximum Gasteiger partial charge on any atom is 0.312 e. The van der Waals surface area contributed by atoms with E-state index in [9.17, 15) is 28.4 Å². The van der Waals surface area contributed by atoms with E-state index in [-0.39, 0.29) is 22.2 Å². The highest BCUT2D eigenvalue weighted by molar-refractivity contribution is 7.91. The molecular formula is C20H24N4O6S. The summed E-state index contributed by atoms with van der Waals surface area (Å²) in [6.45, 7) is 2.21. The number of anilines is 1. The Bertz CT molecular complexity index is 1110. The zero-order chi connectivity index (χ0) is 22.8. The lowest BCUT2D eigenvalue weighted by Gasteiger charge is -2.33. The molecule has 1 fully saturated rings. The molecule has 1 heterocycles. The Morgan fingerprint density at radius 3 is 2.61 bits per heavy atom. The number of sulfone groups is 1. The molecule has 0 spiro atoms.